The molecule has 0 atom stereocenters. The van der Waals surface area contributed by atoms with Gasteiger partial charge in [-0.05, 0) is 48.8 Å². The van der Waals surface area contributed by atoms with Crippen LogP contribution in [0.25, 0.3) is 0 Å². The van der Waals surface area contributed by atoms with Gasteiger partial charge < -0.3 is 10.1 Å². The molecule has 5 nitrogen and oxygen atoms in total. The number of carbonyl (C=O) groups excluding carboxylic acids is 2. The SMILES string of the molecule is CCOC(=O)C(C)(C)NC(=O)Cc1cccc(Br)n1. The smallest absolute Gasteiger partial charge is 0.331 e. The van der Waals surface area contributed by atoms with Crippen molar-refractivity contribution < 1.29 is 14.3 Å². The third kappa shape index (κ3) is 4.98. The molecule has 0 aliphatic heterocycles. The van der Waals surface area contributed by atoms with Gasteiger partial charge in [0.05, 0.1) is 18.7 Å². The average molecular weight is 329 g/mol. The second-order valence-electron chi connectivity index (χ2n) is 4.52. The number of nitrogens with zero attached hydrogens (tertiary/aromatic N) is 1. The molecular weight excluding hydrogens is 312 g/mol. The molecule has 0 radical (unpaired) electrons. The van der Waals surface area contributed by atoms with Gasteiger partial charge in [0.25, 0.3) is 0 Å². The van der Waals surface area contributed by atoms with Crippen LogP contribution in [0.15, 0.2) is 22.8 Å². The summed E-state index contributed by atoms with van der Waals surface area (Å²) in [5.74, 6) is -0.728. The van der Waals surface area contributed by atoms with Crippen molar-refractivity contribution in [2.24, 2.45) is 0 Å². The number of ether oxygens (including phenoxy) is 1. The second kappa shape index (κ2) is 6.65. The summed E-state index contributed by atoms with van der Waals surface area (Å²) < 4.78 is 5.57. The molecule has 1 aromatic heterocycles. The number of rotatable bonds is 5. The predicted octanol–water partition coefficient (Wildman–Crippen LogP) is 1.84. The summed E-state index contributed by atoms with van der Waals surface area (Å²) in [7, 11) is 0. The van der Waals surface area contributed by atoms with Gasteiger partial charge in [0, 0.05) is 0 Å². The molecule has 0 saturated carbocycles. The number of halogens is 1. The normalized spacial score (nSPS) is 10.9. The first-order valence-corrected chi connectivity index (χ1v) is 6.74. The number of esters is 1. The third-order valence-electron chi connectivity index (χ3n) is 2.35. The average Bonchev–Trinajstić information content (AvgIpc) is 2.28. The van der Waals surface area contributed by atoms with E-state index < -0.39 is 11.5 Å². The van der Waals surface area contributed by atoms with E-state index in [1.807, 2.05) is 0 Å². The van der Waals surface area contributed by atoms with Crippen LogP contribution in [0.1, 0.15) is 26.5 Å². The number of pyridine rings is 1. The van der Waals surface area contributed by atoms with Crippen LogP contribution in [0.4, 0.5) is 0 Å². The minimum Gasteiger partial charge on any atom is -0.464 e. The number of carbonyl (C=O) groups is 2. The summed E-state index contributed by atoms with van der Waals surface area (Å²) in [4.78, 5) is 27.7. The van der Waals surface area contributed by atoms with E-state index in [9.17, 15) is 9.59 Å². The molecule has 1 heterocycles. The Morgan fingerprint density at radius 1 is 1.42 bits per heavy atom. The molecule has 0 bridgehead atoms. The summed E-state index contributed by atoms with van der Waals surface area (Å²) in [6.45, 7) is 5.22. The molecule has 0 aliphatic rings. The highest BCUT2D eigenvalue weighted by atomic mass is 79.9. The van der Waals surface area contributed by atoms with Crippen molar-refractivity contribution in [2.75, 3.05) is 6.61 Å². The minimum atomic E-state index is -1.04. The van der Waals surface area contributed by atoms with E-state index in [4.69, 9.17) is 4.74 Å². The zero-order valence-electron chi connectivity index (χ0n) is 11.2. The Morgan fingerprint density at radius 2 is 2.11 bits per heavy atom. The van der Waals surface area contributed by atoms with E-state index in [-0.39, 0.29) is 18.9 Å². The summed E-state index contributed by atoms with van der Waals surface area (Å²) >= 11 is 3.24. The second-order valence-corrected chi connectivity index (χ2v) is 5.33. The van der Waals surface area contributed by atoms with Gasteiger partial charge in [-0.1, -0.05) is 6.07 Å². The Balaban J connectivity index is 2.62. The Morgan fingerprint density at radius 3 is 2.68 bits per heavy atom. The van der Waals surface area contributed by atoms with Crippen molar-refractivity contribution >= 4 is 27.8 Å². The fraction of sp³-hybridized carbons (Fsp3) is 0.462. The van der Waals surface area contributed by atoms with Crippen LogP contribution in [-0.4, -0.2) is 29.0 Å². The van der Waals surface area contributed by atoms with Gasteiger partial charge in [0.2, 0.25) is 5.91 Å². The highest BCUT2D eigenvalue weighted by Gasteiger charge is 2.30. The van der Waals surface area contributed by atoms with Crippen molar-refractivity contribution in [1.29, 1.82) is 0 Å². The van der Waals surface area contributed by atoms with Crippen LogP contribution in [0.3, 0.4) is 0 Å². The third-order valence-corrected chi connectivity index (χ3v) is 2.79. The van der Waals surface area contributed by atoms with Crippen molar-refractivity contribution in [1.82, 2.24) is 10.3 Å². The number of aromatic nitrogens is 1. The van der Waals surface area contributed by atoms with Crippen molar-refractivity contribution in [3.05, 3.63) is 28.5 Å². The topological polar surface area (TPSA) is 68.3 Å². The molecule has 6 heteroatoms. The maximum atomic E-state index is 11.9. The van der Waals surface area contributed by atoms with Gasteiger partial charge in [-0.25, -0.2) is 9.78 Å². The zero-order chi connectivity index (χ0) is 14.5. The number of hydrogen-bond acceptors (Lipinski definition) is 4. The van der Waals surface area contributed by atoms with Gasteiger partial charge in [-0.2, -0.15) is 0 Å². The first-order valence-electron chi connectivity index (χ1n) is 5.95. The maximum absolute atomic E-state index is 11.9. The van der Waals surface area contributed by atoms with Gasteiger partial charge in [0.1, 0.15) is 10.1 Å². The Bertz CT molecular complexity index is 475. The van der Waals surface area contributed by atoms with Crippen LogP contribution in [0, 0.1) is 0 Å². The Kier molecular flexibility index (Phi) is 5.47. The Hall–Kier alpha value is -1.43. The molecule has 0 aliphatic carbocycles. The van der Waals surface area contributed by atoms with Crippen LogP contribution < -0.4 is 5.32 Å². The molecule has 0 spiro atoms. The molecule has 0 saturated heterocycles. The Labute approximate surface area is 120 Å². The van der Waals surface area contributed by atoms with Crippen LogP contribution in [0.2, 0.25) is 0 Å². The molecular formula is C13H17BrN2O3. The van der Waals surface area contributed by atoms with Crippen molar-refractivity contribution in [3.63, 3.8) is 0 Å². The van der Waals surface area contributed by atoms with Crippen LogP contribution >= 0.6 is 15.9 Å². The van der Waals surface area contributed by atoms with E-state index in [0.717, 1.165) is 0 Å². The summed E-state index contributed by atoms with van der Waals surface area (Å²) in [6.07, 6.45) is 0.113. The lowest BCUT2D eigenvalue weighted by Crippen LogP contribution is -2.51. The predicted molar refractivity (Wildman–Crippen MR) is 74.5 cm³/mol. The van der Waals surface area contributed by atoms with E-state index in [1.165, 1.54) is 0 Å². The minimum absolute atomic E-state index is 0.113. The van der Waals surface area contributed by atoms with Crippen LogP contribution in [0.5, 0.6) is 0 Å². The highest BCUT2D eigenvalue weighted by Crippen LogP contribution is 2.09. The number of nitrogens with one attached hydrogen (secondary N) is 1. The molecule has 0 fully saturated rings. The van der Waals surface area contributed by atoms with E-state index >= 15 is 0 Å². The molecule has 1 amide bonds. The van der Waals surface area contributed by atoms with Gasteiger partial charge >= 0.3 is 5.97 Å². The van der Waals surface area contributed by atoms with Crippen molar-refractivity contribution in [2.45, 2.75) is 32.7 Å². The number of amides is 1. The molecule has 1 N–H and O–H groups in total. The lowest BCUT2D eigenvalue weighted by Gasteiger charge is -2.23. The summed E-state index contributed by atoms with van der Waals surface area (Å²) in [5.41, 5.74) is -0.412. The summed E-state index contributed by atoms with van der Waals surface area (Å²) in [6, 6.07) is 5.34. The van der Waals surface area contributed by atoms with E-state index in [1.54, 1.807) is 39.0 Å². The molecule has 1 aromatic rings. The van der Waals surface area contributed by atoms with E-state index in [0.29, 0.717) is 10.3 Å². The standard InChI is InChI=1S/C13H17BrN2O3/c1-4-19-12(18)13(2,3)16-11(17)8-9-6-5-7-10(14)15-9/h5-7H,4,8H2,1-3H3,(H,16,17). The lowest BCUT2D eigenvalue weighted by molar-refractivity contribution is -0.151. The summed E-state index contributed by atoms with van der Waals surface area (Å²) in [5, 5.41) is 2.64. The highest BCUT2D eigenvalue weighted by molar-refractivity contribution is 9.10. The van der Waals surface area contributed by atoms with Gasteiger partial charge in [0.15, 0.2) is 0 Å². The fourth-order valence-electron chi connectivity index (χ4n) is 1.47. The molecule has 1 rings (SSSR count). The molecule has 0 aromatic carbocycles. The van der Waals surface area contributed by atoms with Gasteiger partial charge in [-0.3, -0.25) is 4.79 Å². The monoisotopic (exact) mass is 328 g/mol. The molecule has 19 heavy (non-hydrogen) atoms. The number of hydrogen-bond donors (Lipinski definition) is 1. The van der Waals surface area contributed by atoms with Crippen molar-refractivity contribution in [3.8, 4) is 0 Å². The molecule has 104 valence electrons. The fourth-order valence-corrected chi connectivity index (χ4v) is 1.85. The first-order chi connectivity index (χ1) is 8.85. The first kappa shape index (κ1) is 15.6. The van der Waals surface area contributed by atoms with Gasteiger partial charge in [-0.15, -0.1) is 0 Å². The van der Waals surface area contributed by atoms with Crippen LogP contribution in [-0.2, 0) is 20.7 Å². The molecule has 0 unspecified atom stereocenters. The zero-order valence-corrected chi connectivity index (χ0v) is 12.8. The quantitative estimate of drug-likeness (QED) is 0.661. The largest absolute Gasteiger partial charge is 0.464 e. The maximum Gasteiger partial charge on any atom is 0.331 e. The van der Waals surface area contributed by atoms with E-state index in [2.05, 4.69) is 26.2 Å². The lowest BCUT2D eigenvalue weighted by atomic mass is 10.1.